The molecule has 1 fully saturated rings. The Morgan fingerprint density at radius 2 is 2.00 bits per heavy atom. The van der Waals surface area contributed by atoms with Crippen LogP contribution < -0.4 is 5.73 Å². The number of nitrogen functional groups attached to an aromatic ring is 1. The molecule has 0 aliphatic heterocycles. The van der Waals surface area contributed by atoms with Gasteiger partial charge in [-0.1, -0.05) is 43.5 Å². The SMILES string of the molecule is N=C(N)c1ccc(COCCC2CCC2)cc1. The minimum Gasteiger partial charge on any atom is -0.384 e. The zero-order valence-electron chi connectivity index (χ0n) is 10.1. The van der Waals surface area contributed by atoms with Gasteiger partial charge in [-0.15, -0.1) is 0 Å². The maximum Gasteiger partial charge on any atom is 0.122 e. The van der Waals surface area contributed by atoms with Crippen LogP contribution in [0, 0.1) is 11.3 Å². The molecule has 1 aromatic rings. The highest BCUT2D eigenvalue weighted by atomic mass is 16.5. The predicted molar refractivity (Wildman–Crippen MR) is 69.1 cm³/mol. The zero-order valence-corrected chi connectivity index (χ0v) is 10.1. The molecule has 0 atom stereocenters. The largest absolute Gasteiger partial charge is 0.384 e. The maximum absolute atomic E-state index is 7.30. The van der Waals surface area contributed by atoms with Crippen LogP contribution in [0.5, 0.6) is 0 Å². The van der Waals surface area contributed by atoms with Gasteiger partial charge in [-0.05, 0) is 17.9 Å². The number of ether oxygens (including phenoxy) is 1. The van der Waals surface area contributed by atoms with Crippen molar-refractivity contribution in [2.75, 3.05) is 6.61 Å². The van der Waals surface area contributed by atoms with Crippen molar-refractivity contribution in [1.29, 1.82) is 5.41 Å². The van der Waals surface area contributed by atoms with Crippen molar-refractivity contribution in [3.8, 4) is 0 Å². The summed E-state index contributed by atoms with van der Waals surface area (Å²) in [7, 11) is 0. The molecule has 3 heteroatoms. The zero-order chi connectivity index (χ0) is 12.1. The van der Waals surface area contributed by atoms with Gasteiger partial charge in [0.2, 0.25) is 0 Å². The molecule has 2 rings (SSSR count). The molecule has 1 aliphatic rings. The molecule has 0 spiro atoms. The van der Waals surface area contributed by atoms with E-state index in [1.807, 2.05) is 24.3 Å². The van der Waals surface area contributed by atoms with E-state index in [4.69, 9.17) is 15.9 Å². The van der Waals surface area contributed by atoms with Gasteiger partial charge in [-0.3, -0.25) is 5.41 Å². The van der Waals surface area contributed by atoms with E-state index in [2.05, 4.69) is 0 Å². The van der Waals surface area contributed by atoms with Crippen LogP contribution in [0.4, 0.5) is 0 Å². The van der Waals surface area contributed by atoms with Crippen LogP contribution in [-0.2, 0) is 11.3 Å². The lowest BCUT2D eigenvalue weighted by molar-refractivity contribution is 0.0950. The molecule has 3 nitrogen and oxygen atoms in total. The molecular formula is C14H20N2O. The number of nitrogens with one attached hydrogen (secondary N) is 1. The quantitative estimate of drug-likeness (QED) is 0.450. The van der Waals surface area contributed by atoms with Crippen molar-refractivity contribution in [1.82, 2.24) is 0 Å². The first kappa shape index (κ1) is 12.1. The predicted octanol–water partition coefficient (Wildman–Crippen LogP) is 2.68. The number of rotatable bonds is 6. The number of amidine groups is 1. The third-order valence-corrected chi connectivity index (χ3v) is 3.43. The first-order valence-corrected chi connectivity index (χ1v) is 6.27. The third kappa shape index (κ3) is 3.56. The molecule has 0 radical (unpaired) electrons. The Morgan fingerprint density at radius 1 is 1.29 bits per heavy atom. The number of hydrogen-bond acceptors (Lipinski definition) is 2. The normalized spacial score (nSPS) is 15.5. The molecule has 92 valence electrons. The van der Waals surface area contributed by atoms with Gasteiger partial charge in [-0.25, -0.2) is 0 Å². The van der Waals surface area contributed by atoms with Crippen molar-refractivity contribution in [3.05, 3.63) is 35.4 Å². The summed E-state index contributed by atoms with van der Waals surface area (Å²) in [6, 6.07) is 7.68. The Morgan fingerprint density at radius 3 is 2.53 bits per heavy atom. The highest BCUT2D eigenvalue weighted by Crippen LogP contribution is 2.29. The third-order valence-electron chi connectivity index (χ3n) is 3.43. The van der Waals surface area contributed by atoms with Crippen LogP contribution in [0.3, 0.4) is 0 Å². The van der Waals surface area contributed by atoms with Crippen molar-refractivity contribution >= 4 is 5.84 Å². The molecular weight excluding hydrogens is 212 g/mol. The number of benzene rings is 1. The van der Waals surface area contributed by atoms with Gasteiger partial charge in [0.1, 0.15) is 5.84 Å². The topological polar surface area (TPSA) is 59.1 Å². The second-order valence-electron chi connectivity index (χ2n) is 4.75. The van der Waals surface area contributed by atoms with Crippen molar-refractivity contribution in [2.24, 2.45) is 11.7 Å². The summed E-state index contributed by atoms with van der Waals surface area (Å²) in [5, 5.41) is 7.30. The lowest BCUT2D eigenvalue weighted by Gasteiger charge is -2.24. The Balaban J connectivity index is 1.69. The molecule has 0 heterocycles. The molecule has 1 aliphatic carbocycles. The van der Waals surface area contributed by atoms with Gasteiger partial charge >= 0.3 is 0 Å². The molecule has 0 bridgehead atoms. The summed E-state index contributed by atoms with van der Waals surface area (Å²) in [5.74, 6) is 1.03. The molecule has 17 heavy (non-hydrogen) atoms. The van der Waals surface area contributed by atoms with E-state index in [9.17, 15) is 0 Å². The van der Waals surface area contributed by atoms with Crippen LogP contribution in [0.2, 0.25) is 0 Å². The lowest BCUT2D eigenvalue weighted by atomic mass is 9.83. The van der Waals surface area contributed by atoms with E-state index in [1.54, 1.807) is 0 Å². The Labute approximate surface area is 102 Å². The van der Waals surface area contributed by atoms with Crippen LogP contribution in [0.1, 0.15) is 36.8 Å². The fourth-order valence-electron chi connectivity index (χ4n) is 2.00. The van der Waals surface area contributed by atoms with Crippen molar-refractivity contribution in [3.63, 3.8) is 0 Å². The second kappa shape index (κ2) is 5.82. The highest BCUT2D eigenvalue weighted by Gasteiger charge is 2.16. The standard InChI is InChI=1S/C14H20N2O/c15-14(16)13-6-4-12(5-7-13)10-17-9-8-11-2-1-3-11/h4-7,11H,1-3,8-10H2,(H3,15,16). The van der Waals surface area contributed by atoms with E-state index >= 15 is 0 Å². The average molecular weight is 232 g/mol. The first-order chi connectivity index (χ1) is 8.25. The van der Waals surface area contributed by atoms with Gasteiger partial charge in [0.25, 0.3) is 0 Å². The average Bonchev–Trinajstić information content (AvgIpc) is 2.27. The van der Waals surface area contributed by atoms with Crippen molar-refractivity contribution in [2.45, 2.75) is 32.3 Å². The van der Waals surface area contributed by atoms with Gasteiger partial charge in [-0.2, -0.15) is 0 Å². The molecule has 0 saturated heterocycles. The lowest BCUT2D eigenvalue weighted by Crippen LogP contribution is -2.13. The Hall–Kier alpha value is -1.35. The van der Waals surface area contributed by atoms with Crippen LogP contribution in [0.15, 0.2) is 24.3 Å². The summed E-state index contributed by atoms with van der Waals surface area (Å²) < 4.78 is 5.64. The van der Waals surface area contributed by atoms with E-state index in [0.717, 1.165) is 23.7 Å². The van der Waals surface area contributed by atoms with Crippen LogP contribution in [0.25, 0.3) is 0 Å². The first-order valence-electron chi connectivity index (χ1n) is 6.27. The van der Waals surface area contributed by atoms with Crippen molar-refractivity contribution < 1.29 is 4.74 Å². The van der Waals surface area contributed by atoms with E-state index in [-0.39, 0.29) is 5.84 Å². The molecule has 0 amide bonds. The second-order valence-corrected chi connectivity index (χ2v) is 4.75. The van der Waals surface area contributed by atoms with Gasteiger partial charge in [0.15, 0.2) is 0 Å². The minimum absolute atomic E-state index is 0.113. The summed E-state index contributed by atoms with van der Waals surface area (Å²) >= 11 is 0. The molecule has 3 N–H and O–H groups in total. The molecule has 1 aromatic carbocycles. The number of nitrogens with two attached hydrogens (primary N) is 1. The maximum atomic E-state index is 7.30. The summed E-state index contributed by atoms with van der Waals surface area (Å²) in [5.41, 5.74) is 7.30. The molecule has 1 saturated carbocycles. The van der Waals surface area contributed by atoms with Gasteiger partial charge in [0.05, 0.1) is 6.61 Å². The Bertz CT molecular complexity index is 368. The monoisotopic (exact) mass is 232 g/mol. The summed E-state index contributed by atoms with van der Waals surface area (Å²) in [6.07, 6.45) is 5.37. The Kier molecular flexibility index (Phi) is 4.15. The van der Waals surface area contributed by atoms with Gasteiger partial charge in [0, 0.05) is 12.2 Å². The summed E-state index contributed by atoms with van der Waals surface area (Å²) in [6.45, 7) is 1.52. The highest BCUT2D eigenvalue weighted by molar-refractivity contribution is 5.94. The van der Waals surface area contributed by atoms with E-state index < -0.39 is 0 Å². The van der Waals surface area contributed by atoms with Crippen LogP contribution in [-0.4, -0.2) is 12.4 Å². The molecule has 0 unspecified atom stereocenters. The van der Waals surface area contributed by atoms with E-state index in [1.165, 1.54) is 25.7 Å². The smallest absolute Gasteiger partial charge is 0.122 e. The van der Waals surface area contributed by atoms with Crippen LogP contribution >= 0.6 is 0 Å². The van der Waals surface area contributed by atoms with Gasteiger partial charge < -0.3 is 10.5 Å². The fraction of sp³-hybridized carbons (Fsp3) is 0.500. The minimum atomic E-state index is 0.113. The molecule has 0 aromatic heterocycles. The van der Waals surface area contributed by atoms with E-state index in [0.29, 0.717) is 6.61 Å². The number of hydrogen-bond donors (Lipinski definition) is 2. The summed E-state index contributed by atoms with van der Waals surface area (Å²) in [4.78, 5) is 0. The fourth-order valence-corrected chi connectivity index (χ4v) is 2.00.